The fourth-order valence-corrected chi connectivity index (χ4v) is 1.86. The van der Waals surface area contributed by atoms with Crippen LogP contribution < -0.4 is 5.73 Å². The van der Waals surface area contributed by atoms with Crippen LogP contribution in [0.5, 0.6) is 0 Å². The number of aromatic nitrogens is 1. The Kier molecular flexibility index (Phi) is 1.89. The second kappa shape index (κ2) is 3.24. The molecule has 1 aliphatic rings. The van der Waals surface area contributed by atoms with Crippen molar-refractivity contribution >= 4 is 16.8 Å². The Bertz CT molecular complexity index is 486. The van der Waals surface area contributed by atoms with Crippen LogP contribution in [0, 0.1) is 0 Å². The minimum atomic E-state index is 0.304. The normalized spacial score (nSPS) is 21.2. The number of ether oxygens (including phenoxy) is 1. The molecule has 2 aromatic rings. The van der Waals surface area contributed by atoms with Gasteiger partial charge in [0.1, 0.15) is 5.52 Å². The number of hydrogen-bond acceptors (Lipinski definition) is 4. The number of anilines is 1. The highest BCUT2D eigenvalue weighted by atomic mass is 16.5. The largest absolute Gasteiger partial charge is 0.440 e. The van der Waals surface area contributed by atoms with Gasteiger partial charge in [0, 0.05) is 18.4 Å². The molecular weight excluding hydrogens is 192 g/mol. The summed E-state index contributed by atoms with van der Waals surface area (Å²) in [5.41, 5.74) is 8.00. The van der Waals surface area contributed by atoms with Gasteiger partial charge in [0.15, 0.2) is 5.58 Å². The van der Waals surface area contributed by atoms with Gasteiger partial charge in [-0.05, 0) is 18.6 Å². The topological polar surface area (TPSA) is 61.3 Å². The summed E-state index contributed by atoms with van der Waals surface area (Å²) in [7, 11) is 0. The van der Waals surface area contributed by atoms with Crippen LogP contribution in [0.15, 0.2) is 22.6 Å². The number of oxazole rings is 1. The van der Waals surface area contributed by atoms with Gasteiger partial charge in [-0.15, -0.1) is 0 Å². The standard InChI is InChI=1S/C11H12N2O2/c12-8-1-2-9-10(5-8)15-11(13-9)7-3-4-14-6-7/h1-2,5,7H,3-4,6,12H2. The van der Waals surface area contributed by atoms with Crippen LogP contribution >= 0.6 is 0 Å². The van der Waals surface area contributed by atoms with Crippen molar-refractivity contribution in [1.29, 1.82) is 0 Å². The molecule has 0 saturated carbocycles. The maximum atomic E-state index is 5.67. The van der Waals surface area contributed by atoms with Gasteiger partial charge in [-0.3, -0.25) is 0 Å². The zero-order chi connectivity index (χ0) is 10.3. The molecule has 1 aromatic heterocycles. The highest BCUT2D eigenvalue weighted by Crippen LogP contribution is 2.28. The number of nitrogen functional groups attached to an aromatic ring is 1. The smallest absolute Gasteiger partial charge is 0.201 e. The van der Waals surface area contributed by atoms with E-state index in [1.54, 1.807) is 0 Å². The van der Waals surface area contributed by atoms with Crippen molar-refractivity contribution in [3.8, 4) is 0 Å². The highest BCUT2D eigenvalue weighted by molar-refractivity contribution is 5.76. The molecule has 3 rings (SSSR count). The molecule has 1 aliphatic heterocycles. The number of hydrogen-bond donors (Lipinski definition) is 1. The monoisotopic (exact) mass is 204 g/mol. The SMILES string of the molecule is Nc1ccc2nc(C3CCOC3)oc2c1. The Balaban J connectivity index is 2.05. The molecule has 0 spiro atoms. The van der Waals surface area contributed by atoms with Crippen molar-refractivity contribution < 1.29 is 9.15 Å². The quantitative estimate of drug-likeness (QED) is 0.721. The number of nitrogens with zero attached hydrogens (tertiary/aromatic N) is 1. The van der Waals surface area contributed by atoms with Gasteiger partial charge in [-0.25, -0.2) is 4.98 Å². The van der Waals surface area contributed by atoms with E-state index in [1.165, 1.54) is 0 Å². The number of rotatable bonds is 1. The van der Waals surface area contributed by atoms with Gasteiger partial charge < -0.3 is 14.9 Å². The molecule has 2 heterocycles. The summed E-state index contributed by atoms with van der Waals surface area (Å²) in [4.78, 5) is 4.43. The van der Waals surface area contributed by atoms with E-state index in [9.17, 15) is 0 Å². The lowest BCUT2D eigenvalue weighted by Gasteiger charge is -1.98. The van der Waals surface area contributed by atoms with Crippen LogP contribution in [0.25, 0.3) is 11.1 Å². The molecule has 1 unspecified atom stereocenters. The van der Waals surface area contributed by atoms with Crippen LogP contribution in [0.1, 0.15) is 18.2 Å². The van der Waals surface area contributed by atoms with E-state index in [-0.39, 0.29) is 0 Å². The third-order valence-corrected chi connectivity index (χ3v) is 2.71. The molecule has 0 bridgehead atoms. The molecule has 0 amide bonds. The molecule has 1 atom stereocenters. The Hall–Kier alpha value is -1.55. The number of nitrogens with two attached hydrogens (primary N) is 1. The van der Waals surface area contributed by atoms with Crippen molar-refractivity contribution in [2.45, 2.75) is 12.3 Å². The Morgan fingerprint density at radius 3 is 3.13 bits per heavy atom. The Morgan fingerprint density at radius 1 is 1.40 bits per heavy atom. The van der Waals surface area contributed by atoms with E-state index >= 15 is 0 Å². The first-order chi connectivity index (χ1) is 7.33. The summed E-state index contributed by atoms with van der Waals surface area (Å²) in [5.74, 6) is 1.08. The second-order valence-corrected chi connectivity index (χ2v) is 3.84. The van der Waals surface area contributed by atoms with Crippen molar-refractivity contribution in [3.63, 3.8) is 0 Å². The zero-order valence-corrected chi connectivity index (χ0v) is 8.27. The Labute approximate surface area is 87.0 Å². The molecular formula is C11H12N2O2. The lowest BCUT2D eigenvalue weighted by molar-refractivity contribution is 0.191. The number of benzene rings is 1. The van der Waals surface area contributed by atoms with Crippen LogP contribution in [0.3, 0.4) is 0 Å². The molecule has 78 valence electrons. The van der Waals surface area contributed by atoms with Gasteiger partial charge in [0.2, 0.25) is 5.89 Å². The summed E-state index contributed by atoms with van der Waals surface area (Å²) in [5, 5.41) is 0. The first-order valence-corrected chi connectivity index (χ1v) is 5.06. The van der Waals surface area contributed by atoms with E-state index in [4.69, 9.17) is 14.9 Å². The summed E-state index contributed by atoms with van der Waals surface area (Å²) in [6, 6.07) is 5.52. The fourth-order valence-electron chi connectivity index (χ4n) is 1.86. The summed E-state index contributed by atoms with van der Waals surface area (Å²) >= 11 is 0. The fraction of sp³-hybridized carbons (Fsp3) is 0.364. The molecule has 2 N–H and O–H groups in total. The third-order valence-electron chi connectivity index (χ3n) is 2.71. The molecule has 0 radical (unpaired) electrons. The average Bonchev–Trinajstić information content (AvgIpc) is 2.84. The van der Waals surface area contributed by atoms with Crippen LogP contribution in [0.4, 0.5) is 5.69 Å². The summed E-state index contributed by atoms with van der Waals surface area (Å²) < 4.78 is 11.0. The lowest BCUT2D eigenvalue weighted by Crippen LogP contribution is -1.96. The second-order valence-electron chi connectivity index (χ2n) is 3.84. The lowest BCUT2D eigenvalue weighted by atomic mass is 10.1. The van der Waals surface area contributed by atoms with E-state index in [0.29, 0.717) is 18.2 Å². The van der Waals surface area contributed by atoms with Gasteiger partial charge >= 0.3 is 0 Å². The van der Waals surface area contributed by atoms with Gasteiger partial charge in [-0.2, -0.15) is 0 Å². The molecule has 1 fully saturated rings. The minimum absolute atomic E-state index is 0.304. The molecule has 0 aliphatic carbocycles. The van der Waals surface area contributed by atoms with Gasteiger partial charge in [0.05, 0.1) is 12.5 Å². The van der Waals surface area contributed by atoms with Crippen LogP contribution in [-0.4, -0.2) is 18.2 Å². The maximum Gasteiger partial charge on any atom is 0.201 e. The Morgan fingerprint density at radius 2 is 2.33 bits per heavy atom. The molecule has 4 nitrogen and oxygen atoms in total. The average molecular weight is 204 g/mol. The van der Waals surface area contributed by atoms with Crippen LogP contribution in [-0.2, 0) is 4.74 Å². The number of fused-ring (bicyclic) bond motifs is 1. The van der Waals surface area contributed by atoms with E-state index < -0.39 is 0 Å². The van der Waals surface area contributed by atoms with Crippen LogP contribution in [0.2, 0.25) is 0 Å². The van der Waals surface area contributed by atoms with Gasteiger partial charge in [-0.1, -0.05) is 0 Å². The van der Waals surface area contributed by atoms with Gasteiger partial charge in [0.25, 0.3) is 0 Å². The molecule has 4 heteroatoms. The maximum absolute atomic E-state index is 5.67. The highest BCUT2D eigenvalue weighted by Gasteiger charge is 2.22. The molecule has 15 heavy (non-hydrogen) atoms. The third kappa shape index (κ3) is 1.47. The van der Waals surface area contributed by atoms with E-state index in [2.05, 4.69) is 4.98 Å². The predicted molar refractivity (Wildman–Crippen MR) is 56.6 cm³/mol. The predicted octanol–water partition coefficient (Wildman–Crippen LogP) is 1.91. The zero-order valence-electron chi connectivity index (χ0n) is 8.27. The summed E-state index contributed by atoms with van der Waals surface area (Å²) in [6.07, 6.45) is 0.988. The first-order valence-electron chi connectivity index (χ1n) is 5.06. The van der Waals surface area contributed by atoms with Crippen molar-refractivity contribution in [2.75, 3.05) is 18.9 Å². The van der Waals surface area contributed by atoms with Crippen molar-refractivity contribution in [1.82, 2.24) is 4.98 Å². The molecule has 1 aromatic carbocycles. The minimum Gasteiger partial charge on any atom is -0.440 e. The summed E-state index contributed by atoms with van der Waals surface area (Å²) in [6.45, 7) is 1.51. The van der Waals surface area contributed by atoms with E-state index in [1.807, 2.05) is 18.2 Å². The molecule has 1 saturated heterocycles. The van der Waals surface area contributed by atoms with Crippen molar-refractivity contribution in [3.05, 3.63) is 24.1 Å². The van der Waals surface area contributed by atoms with Crippen molar-refractivity contribution in [2.24, 2.45) is 0 Å². The van der Waals surface area contributed by atoms with E-state index in [0.717, 1.165) is 30.0 Å². The first kappa shape index (κ1) is 8.73.